The van der Waals surface area contributed by atoms with Crippen molar-refractivity contribution < 1.29 is 5.11 Å². The zero-order valence-electron chi connectivity index (χ0n) is 12.1. The van der Waals surface area contributed by atoms with E-state index in [-0.39, 0.29) is 11.1 Å². The lowest BCUT2D eigenvalue weighted by Crippen LogP contribution is -2.53. The van der Waals surface area contributed by atoms with Gasteiger partial charge in [0.25, 0.3) is 0 Å². The van der Waals surface area contributed by atoms with Gasteiger partial charge in [-0.05, 0) is 24.9 Å². The molecule has 2 heteroatoms. The van der Waals surface area contributed by atoms with Crippen molar-refractivity contribution in [2.45, 2.75) is 51.8 Å². The van der Waals surface area contributed by atoms with Crippen molar-refractivity contribution in [1.82, 2.24) is 0 Å². The molecule has 18 heavy (non-hydrogen) atoms. The number of hydrogen-bond acceptors (Lipinski definition) is 1. The zero-order chi connectivity index (χ0) is 13.6. The molecule has 1 heterocycles. The van der Waals surface area contributed by atoms with Crippen LogP contribution in [0.25, 0.3) is 0 Å². The van der Waals surface area contributed by atoms with E-state index in [2.05, 4.69) is 58.5 Å². The molecule has 1 aromatic rings. The average molecular weight is 260 g/mol. The lowest BCUT2D eigenvalue weighted by Gasteiger charge is -2.40. The summed E-state index contributed by atoms with van der Waals surface area (Å²) in [4.78, 5) is 0. The van der Waals surface area contributed by atoms with Gasteiger partial charge in [0.05, 0.1) is 6.10 Å². The van der Waals surface area contributed by atoms with Gasteiger partial charge in [-0.1, -0.05) is 67.1 Å². The number of aliphatic hydroxyl groups is 1. The number of hydrogen-bond donors (Lipinski definition) is 1. The zero-order valence-corrected chi connectivity index (χ0v) is 13.1. The van der Waals surface area contributed by atoms with Gasteiger partial charge in [0.15, 0.2) is 0 Å². The van der Waals surface area contributed by atoms with Crippen molar-refractivity contribution in [2.24, 2.45) is 0 Å². The summed E-state index contributed by atoms with van der Waals surface area (Å²) in [5, 5.41) is 11.7. The summed E-state index contributed by atoms with van der Waals surface area (Å²) in [6, 6.07) is 7.81. The Bertz CT molecular complexity index is 464. The molecule has 1 N–H and O–H groups in total. The molecular formula is C16H24OSi. The van der Waals surface area contributed by atoms with Crippen molar-refractivity contribution in [3.05, 3.63) is 41.1 Å². The Morgan fingerprint density at radius 3 is 2.06 bits per heavy atom. The van der Waals surface area contributed by atoms with E-state index in [4.69, 9.17) is 0 Å². The van der Waals surface area contributed by atoms with Gasteiger partial charge < -0.3 is 5.11 Å². The fourth-order valence-electron chi connectivity index (χ4n) is 3.18. The molecule has 1 aliphatic heterocycles. The van der Waals surface area contributed by atoms with Gasteiger partial charge in [-0.15, -0.1) is 0 Å². The van der Waals surface area contributed by atoms with E-state index in [1.165, 1.54) is 16.3 Å². The first-order valence-corrected chi connectivity index (χ1v) is 8.99. The highest BCUT2D eigenvalue weighted by Crippen LogP contribution is 2.43. The molecular weight excluding hydrogens is 236 g/mol. The van der Waals surface area contributed by atoms with Gasteiger partial charge in [-0.3, -0.25) is 0 Å². The third-order valence-electron chi connectivity index (χ3n) is 4.21. The van der Waals surface area contributed by atoms with Crippen LogP contribution >= 0.6 is 0 Å². The number of rotatable bonds is 1. The maximum atomic E-state index is 9.98. The molecule has 0 saturated heterocycles. The number of aliphatic hydroxyl groups excluding tert-OH is 1. The lowest BCUT2D eigenvalue weighted by molar-refractivity contribution is 0.245. The highest BCUT2D eigenvalue weighted by Gasteiger charge is 2.47. The van der Waals surface area contributed by atoms with Crippen molar-refractivity contribution in [1.29, 1.82) is 0 Å². The third-order valence-corrected chi connectivity index (χ3v) is 10.0. The molecule has 0 bridgehead atoms. The lowest BCUT2D eigenvalue weighted by atomic mass is 10.2. The molecule has 0 unspecified atom stereocenters. The molecule has 0 amide bonds. The first-order valence-electron chi connectivity index (χ1n) is 6.71. The van der Waals surface area contributed by atoms with Crippen LogP contribution in [0, 0.1) is 13.8 Å². The maximum Gasteiger partial charge on any atom is 0.118 e. The minimum atomic E-state index is -1.77. The number of aryl methyl sites for hydroxylation is 2. The van der Waals surface area contributed by atoms with Crippen LogP contribution < -0.4 is 5.19 Å². The summed E-state index contributed by atoms with van der Waals surface area (Å²) in [5.74, 6) is 0. The fourth-order valence-corrected chi connectivity index (χ4v) is 8.04. The van der Waals surface area contributed by atoms with Crippen molar-refractivity contribution in [3.8, 4) is 0 Å². The molecule has 0 aliphatic carbocycles. The van der Waals surface area contributed by atoms with Crippen LogP contribution in [0.5, 0.6) is 0 Å². The highest BCUT2D eigenvalue weighted by molar-refractivity contribution is 6.98. The largest absolute Gasteiger partial charge is 0.389 e. The number of benzene rings is 1. The van der Waals surface area contributed by atoms with Crippen LogP contribution in [0.3, 0.4) is 0 Å². The molecule has 98 valence electrons. The Kier molecular flexibility index (Phi) is 3.28. The fraction of sp³-hybridized carbons (Fsp3) is 0.500. The molecule has 1 aliphatic rings. The van der Waals surface area contributed by atoms with Gasteiger partial charge in [0, 0.05) is 0 Å². The van der Waals surface area contributed by atoms with E-state index in [1.54, 1.807) is 0 Å². The normalized spacial score (nSPS) is 27.8. The van der Waals surface area contributed by atoms with Crippen molar-refractivity contribution in [2.75, 3.05) is 0 Å². The Morgan fingerprint density at radius 1 is 1.11 bits per heavy atom. The Labute approximate surface area is 112 Å². The second-order valence-corrected chi connectivity index (χ2v) is 11.5. The molecule has 1 aromatic carbocycles. The monoisotopic (exact) mass is 260 g/mol. The molecule has 0 saturated carbocycles. The van der Waals surface area contributed by atoms with Gasteiger partial charge >= 0.3 is 0 Å². The van der Waals surface area contributed by atoms with E-state index in [0.29, 0.717) is 0 Å². The second-order valence-electron chi connectivity index (χ2n) is 6.73. The molecule has 1 nitrogen and oxygen atoms in total. The van der Waals surface area contributed by atoms with Crippen LogP contribution in [-0.4, -0.2) is 19.3 Å². The van der Waals surface area contributed by atoms with Gasteiger partial charge in [0.2, 0.25) is 0 Å². The van der Waals surface area contributed by atoms with Crippen molar-refractivity contribution >= 4 is 13.3 Å². The molecule has 0 fully saturated rings. The SMILES string of the molecule is Cc1cc(C)cc([Si@]2(C(C)(C)C)C=C[C@H](O)C2)c1. The summed E-state index contributed by atoms with van der Waals surface area (Å²) in [5.41, 5.74) is 5.01. The summed E-state index contributed by atoms with van der Waals surface area (Å²) in [7, 11) is -1.77. The topological polar surface area (TPSA) is 20.2 Å². The second kappa shape index (κ2) is 4.36. The summed E-state index contributed by atoms with van der Waals surface area (Å²) < 4.78 is 0. The minimum absolute atomic E-state index is 0.237. The summed E-state index contributed by atoms with van der Waals surface area (Å²) in [6.45, 7) is 11.3. The maximum absolute atomic E-state index is 9.98. The molecule has 0 spiro atoms. The Hall–Kier alpha value is -0.863. The standard InChI is InChI=1S/C16H24OSi/c1-12-8-13(2)10-15(9-12)18(16(3,4)5)7-6-14(17)11-18/h6-10,14,17H,11H2,1-5H3/t14-,18-/m0/s1. The summed E-state index contributed by atoms with van der Waals surface area (Å²) in [6.07, 6.45) is 1.76. The molecule has 0 aromatic heterocycles. The minimum Gasteiger partial charge on any atom is -0.389 e. The summed E-state index contributed by atoms with van der Waals surface area (Å²) >= 11 is 0. The van der Waals surface area contributed by atoms with Crippen molar-refractivity contribution in [3.63, 3.8) is 0 Å². The van der Waals surface area contributed by atoms with E-state index < -0.39 is 8.07 Å². The molecule has 2 rings (SSSR count). The predicted octanol–water partition coefficient (Wildman–Crippen LogP) is 3.23. The van der Waals surface area contributed by atoms with Crippen LogP contribution in [-0.2, 0) is 0 Å². The third kappa shape index (κ3) is 2.19. The first-order chi connectivity index (χ1) is 8.24. The van der Waals surface area contributed by atoms with Crippen LogP contribution in [0.4, 0.5) is 0 Å². The highest BCUT2D eigenvalue weighted by atomic mass is 28.3. The van der Waals surface area contributed by atoms with E-state index in [9.17, 15) is 5.11 Å². The molecule has 2 atom stereocenters. The van der Waals surface area contributed by atoms with E-state index >= 15 is 0 Å². The van der Waals surface area contributed by atoms with Crippen LogP contribution in [0.2, 0.25) is 11.1 Å². The van der Waals surface area contributed by atoms with E-state index in [0.717, 1.165) is 6.04 Å². The first kappa shape index (κ1) is 13.6. The smallest absolute Gasteiger partial charge is 0.118 e. The van der Waals surface area contributed by atoms with Gasteiger partial charge in [0.1, 0.15) is 8.07 Å². The quantitative estimate of drug-likeness (QED) is 0.769. The van der Waals surface area contributed by atoms with Crippen LogP contribution in [0.15, 0.2) is 30.0 Å². The Morgan fingerprint density at radius 2 is 1.67 bits per heavy atom. The molecule has 0 radical (unpaired) electrons. The van der Waals surface area contributed by atoms with Gasteiger partial charge in [-0.25, -0.2) is 0 Å². The van der Waals surface area contributed by atoms with Crippen LogP contribution in [0.1, 0.15) is 31.9 Å². The predicted molar refractivity (Wildman–Crippen MR) is 81.0 cm³/mol. The van der Waals surface area contributed by atoms with E-state index in [1.807, 2.05) is 6.08 Å². The van der Waals surface area contributed by atoms with Gasteiger partial charge in [-0.2, -0.15) is 0 Å². The Balaban J connectivity index is 2.58. The average Bonchev–Trinajstić information content (AvgIpc) is 2.59.